The van der Waals surface area contributed by atoms with E-state index in [9.17, 15) is 4.79 Å². The zero-order valence-electron chi connectivity index (χ0n) is 8.31. The summed E-state index contributed by atoms with van der Waals surface area (Å²) < 4.78 is 5.24. The van der Waals surface area contributed by atoms with E-state index in [1.165, 1.54) is 12.8 Å². The average Bonchev–Trinajstić information content (AvgIpc) is 2.27. The zero-order chi connectivity index (χ0) is 9.90. The quantitative estimate of drug-likeness (QED) is 0.400. The Balaban J connectivity index is 2.41. The molecule has 0 unspecified atom stereocenters. The van der Waals surface area contributed by atoms with Crippen LogP contribution in [0.2, 0.25) is 0 Å². The van der Waals surface area contributed by atoms with Crippen LogP contribution in [0.4, 0.5) is 0 Å². The van der Waals surface area contributed by atoms with Gasteiger partial charge in [0.25, 0.3) is 0 Å². The molecule has 0 aromatic rings. The summed E-state index contributed by atoms with van der Waals surface area (Å²) in [4.78, 5) is 11.0. The van der Waals surface area contributed by atoms with Gasteiger partial charge in [-0.3, -0.25) is 4.79 Å². The van der Waals surface area contributed by atoms with Crippen molar-refractivity contribution in [2.45, 2.75) is 56.9 Å². The van der Waals surface area contributed by atoms with E-state index in [4.69, 9.17) is 16.3 Å². The van der Waals surface area contributed by atoms with E-state index in [-0.39, 0.29) is 11.3 Å². The van der Waals surface area contributed by atoms with Crippen molar-refractivity contribution in [3.05, 3.63) is 0 Å². The van der Waals surface area contributed by atoms with Gasteiger partial charge < -0.3 is 4.74 Å². The van der Waals surface area contributed by atoms with Gasteiger partial charge in [-0.1, -0.05) is 19.8 Å². The molecule has 1 fully saturated rings. The summed E-state index contributed by atoms with van der Waals surface area (Å²) in [5, 5.41) is -0.142. The minimum atomic E-state index is -0.409. The number of hydrogen-bond acceptors (Lipinski definition) is 2. The van der Waals surface area contributed by atoms with Crippen LogP contribution in [0, 0.1) is 0 Å². The molecule has 13 heavy (non-hydrogen) atoms. The maximum Gasteiger partial charge on any atom is 0.308 e. The Labute approximate surface area is 84.6 Å². The molecule has 2 atom stereocenters. The van der Waals surface area contributed by atoms with Crippen LogP contribution in [0.1, 0.15) is 46.0 Å². The number of esters is 1. The van der Waals surface area contributed by atoms with Crippen LogP contribution >= 0.6 is 11.6 Å². The van der Waals surface area contributed by atoms with Crippen LogP contribution in [-0.2, 0) is 9.53 Å². The third kappa shape index (κ3) is 2.60. The van der Waals surface area contributed by atoms with Gasteiger partial charge in [-0.2, -0.15) is 0 Å². The summed E-state index contributed by atoms with van der Waals surface area (Å²) in [7, 11) is 0. The van der Waals surface area contributed by atoms with Crippen LogP contribution in [0.5, 0.6) is 0 Å². The molecule has 0 spiro atoms. The highest BCUT2D eigenvalue weighted by Gasteiger charge is 2.43. The maximum absolute atomic E-state index is 11.0. The average molecular weight is 205 g/mol. The van der Waals surface area contributed by atoms with Gasteiger partial charge in [0.05, 0.1) is 11.8 Å². The van der Waals surface area contributed by atoms with Gasteiger partial charge >= 0.3 is 5.97 Å². The molecule has 1 saturated heterocycles. The lowest BCUT2D eigenvalue weighted by molar-refractivity contribution is -0.147. The first-order valence-electron chi connectivity index (χ1n) is 4.94. The molecule has 1 aliphatic rings. The second kappa shape index (κ2) is 4.32. The number of halogens is 1. The van der Waals surface area contributed by atoms with Crippen molar-refractivity contribution in [3.63, 3.8) is 0 Å². The predicted molar refractivity (Wildman–Crippen MR) is 52.9 cm³/mol. The minimum Gasteiger partial charge on any atom is -0.458 e. The van der Waals surface area contributed by atoms with Crippen LogP contribution in [0.3, 0.4) is 0 Å². The number of carbonyl (C=O) groups is 1. The van der Waals surface area contributed by atoms with E-state index in [0.717, 1.165) is 12.8 Å². The molecule has 2 nitrogen and oxygen atoms in total. The molecular weight excluding hydrogens is 188 g/mol. The molecular formula is C10H17ClO2. The van der Waals surface area contributed by atoms with Crippen LogP contribution in [0.15, 0.2) is 0 Å². The Morgan fingerprint density at radius 2 is 2.31 bits per heavy atom. The molecule has 0 bridgehead atoms. The van der Waals surface area contributed by atoms with Gasteiger partial charge in [-0.25, -0.2) is 0 Å². The Kier molecular flexibility index (Phi) is 3.60. The zero-order valence-corrected chi connectivity index (χ0v) is 9.06. The Bertz CT molecular complexity index is 193. The molecule has 0 saturated carbocycles. The van der Waals surface area contributed by atoms with Crippen molar-refractivity contribution in [1.82, 2.24) is 0 Å². The lowest BCUT2D eigenvalue weighted by atomic mass is 9.95. The lowest BCUT2D eigenvalue weighted by Gasteiger charge is -2.25. The topological polar surface area (TPSA) is 26.3 Å². The van der Waals surface area contributed by atoms with Crippen molar-refractivity contribution in [2.75, 3.05) is 0 Å². The molecule has 0 aromatic heterocycles. The van der Waals surface area contributed by atoms with E-state index < -0.39 is 5.60 Å². The first kappa shape index (κ1) is 10.8. The van der Waals surface area contributed by atoms with Gasteiger partial charge in [0.1, 0.15) is 5.60 Å². The Hall–Kier alpha value is -0.240. The van der Waals surface area contributed by atoms with Crippen LogP contribution < -0.4 is 0 Å². The van der Waals surface area contributed by atoms with E-state index in [0.29, 0.717) is 6.42 Å². The SMILES string of the molecule is CCCCC[C@@]1(C)OC(=O)C[C@H]1Cl. The molecule has 0 aromatic carbocycles. The Morgan fingerprint density at radius 1 is 1.62 bits per heavy atom. The molecule has 0 amide bonds. The van der Waals surface area contributed by atoms with Crippen molar-refractivity contribution in [3.8, 4) is 0 Å². The molecule has 1 aliphatic heterocycles. The van der Waals surface area contributed by atoms with Crippen molar-refractivity contribution < 1.29 is 9.53 Å². The summed E-state index contributed by atoms with van der Waals surface area (Å²) in [5.74, 6) is -0.154. The number of carbonyl (C=O) groups excluding carboxylic acids is 1. The van der Waals surface area contributed by atoms with E-state index in [1.54, 1.807) is 0 Å². The second-order valence-corrected chi connectivity index (χ2v) is 4.44. The van der Waals surface area contributed by atoms with Crippen LogP contribution in [-0.4, -0.2) is 16.9 Å². The summed E-state index contributed by atoms with van der Waals surface area (Å²) in [6.45, 7) is 4.09. The molecule has 76 valence electrons. The number of hydrogen-bond donors (Lipinski definition) is 0. The third-order valence-corrected chi connectivity index (χ3v) is 3.25. The van der Waals surface area contributed by atoms with Gasteiger partial charge in [0.15, 0.2) is 0 Å². The van der Waals surface area contributed by atoms with Gasteiger partial charge in [0.2, 0.25) is 0 Å². The summed E-state index contributed by atoms with van der Waals surface area (Å²) in [5.41, 5.74) is -0.409. The smallest absolute Gasteiger partial charge is 0.308 e. The number of cyclic esters (lactones) is 1. The van der Waals surface area contributed by atoms with Crippen molar-refractivity contribution in [2.24, 2.45) is 0 Å². The number of ether oxygens (including phenoxy) is 1. The molecule has 0 radical (unpaired) electrons. The van der Waals surface area contributed by atoms with E-state index in [2.05, 4.69) is 6.92 Å². The summed E-state index contributed by atoms with van der Waals surface area (Å²) in [6.07, 6.45) is 4.70. The van der Waals surface area contributed by atoms with Gasteiger partial charge in [-0.05, 0) is 19.8 Å². The largest absolute Gasteiger partial charge is 0.458 e. The molecule has 0 aliphatic carbocycles. The monoisotopic (exact) mass is 204 g/mol. The normalized spacial score (nSPS) is 33.5. The number of alkyl halides is 1. The third-order valence-electron chi connectivity index (χ3n) is 2.63. The molecule has 1 rings (SSSR count). The van der Waals surface area contributed by atoms with Gasteiger partial charge in [-0.15, -0.1) is 11.6 Å². The summed E-state index contributed by atoms with van der Waals surface area (Å²) >= 11 is 6.05. The van der Waals surface area contributed by atoms with E-state index in [1.807, 2.05) is 6.92 Å². The van der Waals surface area contributed by atoms with E-state index >= 15 is 0 Å². The first-order chi connectivity index (χ1) is 6.08. The van der Waals surface area contributed by atoms with Crippen molar-refractivity contribution >= 4 is 17.6 Å². The number of rotatable bonds is 4. The highest BCUT2D eigenvalue weighted by molar-refractivity contribution is 6.23. The fourth-order valence-corrected chi connectivity index (χ4v) is 1.94. The number of unbranched alkanes of at least 4 members (excludes halogenated alkanes) is 2. The highest BCUT2D eigenvalue weighted by Crippen LogP contribution is 2.35. The fourth-order valence-electron chi connectivity index (χ4n) is 1.66. The van der Waals surface area contributed by atoms with Gasteiger partial charge in [0, 0.05) is 0 Å². The molecule has 3 heteroatoms. The lowest BCUT2D eigenvalue weighted by Crippen LogP contribution is -2.32. The molecule has 1 heterocycles. The highest BCUT2D eigenvalue weighted by atomic mass is 35.5. The summed E-state index contributed by atoms with van der Waals surface area (Å²) in [6, 6.07) is 0. The fraction of sp³-hybridized carbons (Fsp3) is 0.900. The maximum atomic E-state index is 11.0. The first-order valence-corrected chi connectivity index (χ1v) is 5.38. The second-order valence-electron chi connectivity index (χ2n) is 3.92. The minimum absolute atomic E-state index is 0.142. The van der Waals surface area contributed by atoms with Crippen LogP contribution in [0.25, 0.3) is 0 Å². The van der Waals surface area contributed by atoms with Crippen molar-refractivity contribution in [1.29, 1.82) is 0 Å². The Morgan fingerprint density at radius 3 is 2.77 bits per heavy atom. The molecule has 0 N–H and O–H groups in total. The predicted octanol–water partition coefficient (Wildman–Crippen LogP) is 2.88. The standard InChI is InChI=1S/C10H17ClO2/c1-3-4-5-6-10(2)8(11)7-9(12)13-10/h8H,3-7H2,1-2H3/t8-,10-/m1/s1.